The summed E-state index contributed by atoms with van der Waals surface area (Å²) >= 11 is 0. The molecule has 0 aromatic carbocycles. The molecule has 0 saturated heterocycles. The van der Waals surface area contributed by atoms with Crippen molar-refractivity contribution in [1.29, 1.82) is 0 Å². The summed E-state index contributed by atoms with van der Waals surface area (Å²) in [4.78, 5) is 0. The minimum absolute atomic E-state index is 0.250. The molecule has 3 unspecified atom stereocenters. The highest BCUT2D eigenvalue weighted by Crippen LogP contribution is 2.32. The first kappa shape index (κ1) is 22.2. The number of nitrogens with one attached hydrogen (secondary N) is 1. The predicted molar refractivity (Wildman–Crippen MR) is 117 cm³/mol. The standard InChI is InChI=1S/C24H38N2/c1-7-12-19(8-2)15-23(17-25)26-18(6)24-14-13-22(16-21(24)11-5)20(9-3)10-4/h7,9-10,12,14,16,19,22-23,26H,3,6,8,11,13,15,17,25H2,1-2,4-5H3/b12-7-,20-10+. The Kier molecular flexibility index (Phi) is 10.0. The molecule has 1 aliphatic carbocycles. The van der Waals surface area contributed by atoms with E-state index in [2.05, 4.69) is 76.5 Å². The third kappa shape index (κ3) is 6.17. The Morgan fingerprint density at radius 3 is 2.62 bits per heavy atom. The van der Waals surface area contributed by atoms with E-state index in [9.17, 15) is 0 Å². The van der Waals surface area contributed by atoms with Crippen LogP contribution in [-0.2, 0) is 0 Å². The molecule has 0 fully saturated rings. The van der Waals surface area contributed by atoms with Gasteiger partial charge in [-0.1, -0.05) is 63.5 Å². The van der Waals surface area contributed by atoms with Crippen molar-refractivity contribution in [1.82, 2.24) is 5.32 Å². The first-order valence-corrected chi connectivity index (χ1v) is 10.0. The van der Waals surface area contributed by atoms with Gasteiger partial charge >= 0.3 is 0 Å². The molecule has 144 valence electrons. The van der Waals surface area contributed by atoms with E-state index in [1.54, 1.807) is 0 Å². The third-order valence-corrected chi connectivity index (χ3v) is 5.27. The molecular formula is C24H38N2. The van der Waals surface area contributed by atoms with Crippen LogP contribution < -0.4 is 11.1 Å². The fourth-order valence-corrected chi connectivity index (χ4v) is 3.67. The Balaban J connectivity index is 2.85. The average molecular weight is 355 g/mol. The SMILES string of the molecule is C=C/C(=C\C)C1C=C(CC)C(C(=C)NC(CN)CC(/C=C\C)CC)=CC1. The molecule has 3 atom stereocenters. The monoisotopic (exact) mass is 354 g/mol. The maximum Gasteiger partial charge on any atom is 0.0389 e. The Bertz CT molecular complexity index is 589. The zero-order valence-corrected chi connectivity index (χ0v) is 17.2. The summed E-state index contributed by atoms with van der Waals surface area (Å²) in [6.07, 6.45) is 17.4. The van der Waals surface area contributed by atoms with Crippen molar-refractivity contribution in [2.45, 2.75) is 59.4 Å². The van der Waals surface area contributed by atoms with Crippen LogP contribution >= 0.6 is 0 Å². The summed E-state index contributed by atoms with van der Waals surface area (Å²) < 4.78 is 0. The largest absolute Gasteiger partial charge is 0.381 e. The molecule has 0 radical (unpaired) electrons. The van der Waals surface area contributed by atoms with Crippen LogP contribution in [0.15, 0.2) is 72.0 Å². The Labute approximate surface area is 161 Å². The number of rotatable bonds is 11. The highest BCUT2D eigenvalue weighted by atomic mass is 14.9. The lowest BCUT2D eigenvalue weighted by atomic mass is 9.83. The van der Waals surface area contributed by atoms with E-state index >= 15 is 0 Å². The van der Waals surface area contributed by atoms with Crippen LogP contribution in [0.5, 0.6) is 0 Å². The fraction of sp³-hybridized carbons (Fsp3) is 0.500. The van der Waals surface area contributed by atoms with Gasteiger partial charge in [0.2, 0.25) is 0 Å². The van der Waals surface area contributed by atoms with Crippen molar-refractivity contribution < 1.29 is 0 Å². The van der Waals surface area contributed by atoms with E-state index in [0.29, 0.717) is 18.4 Å². The lowest BCUT2D eigenvalue weighted by Crippen LogP contribution is -2.37. The van der Waals surface area contributed by atoms with Crippen LogP contribution in [-0.4, -0.2) is 12.6 Å². The van der Waals surface area contributed by atoms with Crippen molar-refractivity contribution >= 4 is 0 Å². The molecule has 0 aromatic rings. The van der Waals surface area contributed by atoms with Crippen LogP contribution in [0.3, 0.4) is 0 Å². The van der Waals surface area contributed by atoms with Gasteiger partial charge in [-0.05, 0) is 62.2 Å². The van der Waals surface area contributed by atoms with Gasteiger partial charge in [0.15, 0.2) is 0 Å². The molecule has 0 aromatic heterocycles. The molecule has 26 heavy (non-hydrogen) atoms. The molecular weight excluding hydrogens is 316 g/mol. The van der Waals surface area contributed by atoms with E-state index < -0.39 is 0 Å². The van der Waals surface area contributed by atoms with Gasteiger partial charge in [0.1, 0.15) is 0 Å². The summed E-state index contributed by atoms with van der Waals surface area (Å²) in [5.74, 6) is 0.984. The topological polar surface area (TPSA) is 38.0 Å². The van der Waals surface area contributed by atoms with E-state index in [-0.39, 0.29) is 6.04 Å². The number of nitrogens with two attached hydrogens (primary N) is 1. The van der Waals surface area contributed by atoms with Crippen LogP contribution in [0.25, 0.3) is 0 Å². The Morgan fingerprint density at radius 1 is 1.38 bits per heavy atom. The van der Waals surface area contributed by atoms with Crippen molar-refractivity contribution in [3.05, 3.63) is 72.0 Å². The van der Waals surface area contributed by atoms with E-state index in [4.69, 9.17) is 5.73 Å². The molecule has 1 rings (SSSR count). The van der Waals surface area contributed by atoms with Gasteiger partial charge in [0, 0.05) is 24.2 Å². The number of allylic oxidation sites excluding steroid dienone is 8. The van der Waals surface area contributed by atoms with Crippen molar-refractivity contribution in [3.8, 4) is 0 Å². The average Bonchev–Trinajstić information content (AvgIpc) is 2.67. The maximum atomic E-state index is 6.03. The van der Waals surface area contributed by atoms with Gasteiger partial charge < -0.3 is 11.1 Å². The molecule has 0 saturated carbocycles. The smallest absolute Gasteiger partial charge is 0.0389 e. The summed E-state index contributed by atoms with van der Waals surface area (Å²) in [7, 11) is 0. The highest BCUT2D eigenvalue weighted by molar-refractivity contribution is 5.48. The van der Waals surface area contributed by atoms with E-state index in [1.807, 2.05) is 6.08 Å². The molecule has 0 amide bonds. The number of hydrogen-bond acceptors (Lipinski definition) is 2. The van der Waals surface area contributed by atoms with Gasteiger partial charge in [-0.3, -0.25) is 0 Å². The second-order valence-electron chi connectivity index (χ2n) is 6.98. The quantitative estimate of drug-likeness (QED) is 0.362. The minimum Gasteiger partial charge on any atom is -0.381 e. The molecule has 2 heteroatoms. The summed E-state index contributed by atoms with van der Waals surface area (Å²) in [5.41, 5.74) is 10.9. The summed E-state index contributed by atoms with van der Waals surface area (Å²) in [5, 5.41) is 3.60. The van der Waals surface area contributed by atoms with Crippen molar-refractivity contribution in [2.24, 2.45) is 17.6 Å². The second-order valence-corrected chi connectivity index (χ2v) is 6.98. The van der Waals surface area contributed by atoms with E-state index in [1.165, 1.54) is 16.7 Å². The predicted octanol–water partition coefficient (Wildman–Crippen LogP) is 5.82. The lowest BCUT2D eigenvalue weighted by Gasteiger charge is -2.28. The molecule has 1 aliphatic rings. The molecule has 3 N–H and O–H groups in total. The zero-order valence-electron chi connectivity index (χ0n) is 17.2. The minimum atomic E-state index is 0.250. The normalized spacial score (nSPS) is 20.3. The molecule has 0 spiro atoms. The van der Waals surface area contributed by atoms with Gasteiger partial charge in [-0.2, -0.15) is 0 Å². The maximum absolute atomic E-state index is 6.03. The van der Waals surface area contributed by atoms with Crippen LogP contribution in [0.1, 0.15) is 53.4 Å². The van der Waals surface area contributed by atoms with Crippen LogP contribution in [0.2, 0.25) is 0 Å². The van der Waals surface area contributed by atoms with Crippen LogP contribution in [0.4, 0.5) is 0 Å². The lowest BCUT2D eigenvalue weighted by molar-refractivity contribution is 0.451. The van der Waals surface area contributed by atoms with E-state index in [0.717, 1.165) is 31.4 Å². The molecule has 0 bridgehead atoms. The van der Waals surface area contributed by atoms with Gasteiger partial charge in [-0.15, -0.1) is 0 Å². The second kappa shape index (κ2) is 11.7. The Hall–Kier alpha value is -1.80. The molecule has 0 heterocycles. The van der Waals surface area contributed by atoms with Crippen LogP contribution in [0, 0.1) is 11.8 Å². The van der Waals surface area contributed by atoms with Crippen molar-refractivity contribution in [3.63, 3.8) is 0 Å². The fourth-order valence-electron chi connectivity index (χ4n) is 3.67. The zero-order chi connectivity index (χ0) is 19.5. The third-order valence-electron chi connectivity index (χ3n) is 5.27. The van der Waals surface area contributed by atoms with Crippen molar-refractivity contribution in [2.75, 3.05) is 6.54 Å². The van der Waals surface area contributed by atoms with Gasteiger partial charge in [0.05, 0.1) is 0 Å². The molecule has 2 nitrogen and oxygen atoms in total. The number of hydrogen-bond donors (Lipinski definition) is 2. The summed E-state index contributed by atoms with van der Waals surface area (Å²) in [6.45, 7) is 17.5. The van der Waals surface area contributed by atoms with Gasteiger partial charge in [-0.25, -0.2) is 0 Å². The summed E-state index contributed by atoms with van der Waals surface area (Å²) in [6, 6.07) is 0.250. The molecule has 0 aliphatic heterocycles. The highest BCUT2D eigenvalue weighted by Gasteiger charge is 2.20. The first-order valence-electron chi connectivity index (χ1n) is 10.0. The van der Waals surface area contributed by atoms with Gasteiger partial charge in [0.25, 0.3) is 0 Å². The first-order chi connectivity index (χ1) is 12.5. The Morgan fingerprint density at radius 2 is 2.12 bits per heavy atom.